The molecule has 112 valence electrons. The quantitative estimate of drug-likeness (QED) is 0.921. The van der Waals surface area contributed by atoms with Crippen LogP contribution < -0.4 is 0 Å². The fraction of sp³-hybridized carbons (Fsp3) is 0.500. The fourth-order valence-corrected chi connectivity index (χ4v) is 3.24. The van der Waals surface area contributed by atoms with E-state index in [0.29, 0.717) is 19.6 Å². The van der Waals surface area contributed by atoms with Crippen molar-refractivity contribution in [1.82, 2.24) is 4.90 Å². The van der Waals surface area contributed by atoms with Crippen LogP contribution in [0.5, 0.6) is 0 Å². The molecule has 1 saturated heterocycles. The molecule has 1 fully saturated rings. The Kier molecular flexibility index (Phi) is 3.92. The highest BCUT2D eigenvalue weighted by atomic mass is 16.5. The van der Waals surface area contributed by atoms with E-state index in [-0.39, 0.29) is 18.4 Å². The zero-order chi connectivity index (χ0) is 14.8. The molecule has 0 radical (unpaired) electrons. The molecule has 1 aromatic carbocycles. The number of fused-ring (bicyclic) bond motifs is 1. The normalized spacial score (nSPS) is 24.7. The third-order valence-electron chi connectivity index (χ3n) is 4.31. The minimum atomic E-state index is -0.911. The molecule has 3 rings (SSSR count). The number of aliphatic carboxylic acids is 1. The third-order valence-corrected chi connectivity index (χ3v) is 4.31. The van der Waals surface area contributed by atoms with Crippen LogP contribution in [0, 0.1) is 0 Å². The van der Waals surface area contributed by atoms with Gasteiger partial charge in [-0.05, 0) is 30.4 Å². The minimum Gasteiger partial charge on any atom is -0.480 e. The maximum Gasteiger partial charge on any atom is 0.326 e. The van der Waals surface area contributed by atoms with Gasteiger partial charge in [0.1, 0.15) is 6.04 Å². The lowest BCUT2D eigenvalue weighted by atomic mass is 9.95. The van der Waals surface area contributed by atoms with Crippen LogP contribution in [0.2, 0.25) is 0 Å². The molecule has 0 aliphatic carbocycles. The Morgan fingerprint density at radius 3 is 2.95 bits per heavy atom. The van der Waals surface area contributed by atoms with Gasteiger partial charge >= 0.3 is 5.97 Å². The van der Waals surface area contributed by atoms with E-state index in [9.17, 15) is 14.7 Å². The Labute approximate surface area is 123 Å². The molecule has 21 heavy (non-hydrogen) atoms. The van der Waals surface area contributed by atoms with E-state index >= 15 is 0 Å². The third kappa shape index (κ3) is 2.78. The molecule has 0 aromatic heterocycles. The second-order valence-electron chi connectivity index (χ2n) is 5.60. The zero-order valence-electron chi connectivity index (χ0n) is 11.8. The second kappa shape index (κ2) is 5.85. The summed E-state index contributed by atoms with van der Waals surface area (Å²) in [6.07, 6.45) is 2.13. The highest BCUT2D eigenvalue weighted by Gasteiger charge is 2.35. The van der Waals surface area contributed by atoms with Gasteiger partial charge in [0, 0.05) is 6.54 Å². The largest absolute Gasteiger partial charge is 0.480 e. The average Bonchev–Trinajstić information content (AvgIpc) is 2.97. The Balaban J connectivity index is 1.73. The molecule has 0 saturated carbocycles. The highest BCUT2D eigenvalue weighted by Crippen LogP contribution is 2.31. The molecular formula is C16H19NO4. The van der Waals surface area contributed by atoms with Crippen LogP contribution in [0.4, 0.5) is 0 Å². The molecule has 5 heteroatoms. The van der Waals surface area contributed by atoms with Crippen molar-refractivity contribution in [2.45, 2.75) is 37.8 Å². The number of ether oxygens (including phenoxy) is 1. The summed E-state index contributed by atoms with van der Waals surface area (Å²) in [7, 11) is 0. The van der Waals surface area contributed by atoms with Gasteiger partial charge in [0.25, 0.3) is 0 Å². The molecule has 0 unspecified atom stereocenters. The molecule has 1 N–H and O–H groups in total. The van der Waals surface area contributed by atoms with Crippen LogP contribution in [-0.2, 0) is 20.7 Å². The number of carboxylic acid groups (broad SMARTS) is 1. The van der Waals surface area contributed by atoms with E-state index in [2.05, 4.69) is 6.07 Å². The van der Waals surface area contributed by atoms with Gasteiger partial charge < -0.3 is 14.7 Å². The van der Waals surface area contributed by atoms with Crippen molar-refractivity contribution in [3.8, 4) is 0 Å². The first-order valence-electron chi connectivity index (χ1n) is 7.38. The number of likely N-dealkylation sites (tertiary alicyclic amines) is 1. The summed E-state index contributed by atoms with van der Waals surface area (Å²) in [6.45, 7) is 1.14. The Hall–Kier alpha value is -1.88. The van der Waals surface area contributed by atoms with Crippen LogP contribution in [0.3, 0.4) is 0 Å². The van der Waals surface area contributed by atoms with Crippen LogP contribution in [-0.4, -0.2) is 41.1 Å². The number of hydrogen-bond acceptors (Lipinski definition) is 3. The van der Waals surface area contributed by atoms with Crippen molar-refractivity contribution in [1.29, 1.82) is 0 Å². The summed E-state index contributed by atoms with van der Waals surface area (Å²) >= 11 is 0. The number of amides is 1. The van der Waals surface area contributed by atoms with Crippen molar-refractivity contribution in [2.75, 3.05) is 13.2 Å². The van der Waals surface area contributed by atoms with E-state index in [1.165, 1.54) is 10.5 Å². The first-order valence-corrected chi connectivity index (χ1v) is 7.38. The summed E-state index contributed by atoms with van der Waals surface area (Å²) in [6, 6.07) is 7.32. The van der Waals surface area contributed by atoms with E-state index < -0.39 is 12.0 Å². The number of carbonyl (C=O) groups is 2. The minimum absolute atomic E-state index is 0.124. The lowest BCUT2D eigenvalue weighted by Crippen LogP contribution is -2.41. The predicted molar refractivity (Wildman–Crippen MR) is 75.8 cm³/mol. The molecule has 2 atom stereocenters. The topological polar surface area (TPSA) is 66.8 Å². The Morgan fingerprint density at radius 1 is 1.33 bits per heavy atom. The van der Waals surface area contributed by atoms with Gasteiger partial charge in [-0.15, -0.1) is 0 Å². The van der Waals surface area contributed by atoms with E-state index in [0.717, 1.165) is 18.4 Å². The zero-order valence-corrected chi connectivity index (χ0v) is 11.8. The molecule has 5 nitrogen and oxygen atoms in total. The summed E-state index contributed by atoms with van der Waals surface area (Å²) in [5.74, 6) is -1.03. The maximum atomic E-state index is 12.4. The molecule has 2 aliphatic rings. The lowest BCUT2D eigenvalue weighted by Gasteiger charge is -2.28. The fourth-order valence-electron chi connectivity index (χ4n) is 3.24. The summed E-state index contributed by atoms with van der Waals surface area (Å²) in [5, 5.41) is 9.17. The van der Waals surface area contributed by atoms with Gasteiger partial charge in [-0.1, -0.05) is 24.3 Å². The number of hydrogen-bond donors (Lipinski definition) is 1. The average molecular weight is 289 g/mol. The van der Waals surface area contributed by atoms with E-state index in [1.807, 2.05) is 18.2 Å². The Bertz CT molecular complexity index is 557. The monoisotopic (exact) mass is 289 g/mol. The van der Waals surface area contributed by atoms with Gasteiger partial charge in [-0.25, -0.2) is 4.79 Å². The molecule has 0 bridgehead atoms. The summed E-state index contributed by atoms with van der Waals surface area (Å²) in [5.41, 5.74) is 2.28. The molecule has 2 heterocycles. The smallest absolute Gasteiger partial charge is 0.326 e. The van der Waals surface area contributed by atoms with Gasteiger partial charge in [0.05, 0.1) is 19.1 Å². The number of nitrogens with zero attached hydrogens (tertiary/aromatic N) is 1. The second-order valence-corrected chi connectivity index (χ2v) is 5.60. The van der Waals surface area contributed by atoms with Crippen molar-refractivity contribution >= 4 is 11.9 Å². The molecule has 1 amide bonds. The van der Waals surface area contributed by atoms with Crippen LogP contribution in [0.1, 0.15) is 36.5 Å². The van der Waals surface area contributed by atoms with Crippen molar-refractivity contribution in [3.05, 3.63) is 35.4 Å². The van der Waals surface area contributed by atoms with Gasteiger partial charge in [-0.3, -0.25) is 4.79 Å². The first kappa shape index (κ1) is 14.1. The van der Waals surface area contributed by atoms with Crippen molar-refractivity contribution in [2.24, 2.45) is 0 Å². The van der Waals surface area contributed by atoms with Gasteiger partial charge in [0.15, 0.2) is 0 Å². The Morgan fingerprint density at radius 2 is 2.14 bits per heavy atom. The predicted octanol–water partition coefficient (Wildman–Crippen LogP) is 1.77. The SMILES string of the molecule is O=C(O)[C@H]1CCCN1C(=O)C[C@H]1OCCc2ccccc21. The molecular weight excluding hydrogens is 270 g/mol. The number of rotatable bonds is 3. The van der Waals surface area contributed by atoms with E-state index in [1.54, 1.807) is 0 Å². The standard InChI is InChI=1S/C16H19NO4/c18-15(17-8-3-6-13(17)16(19)20)10-14-12-5-2-1-4-11(12)7-9-21-14/h1-2,4-5,13-14H,3,6-10H2,(H,19,20)/t13-,14-/m1/s1. The van der Waals surface area contributed by atoms with Crippen LogP contribution >= 0.6 is 0 Å². The van der Waals surface area contributed by atoms with Crippen LogP contribution in [0.25, 0.3) is 0 Å². The van der Waals surface area contributed by atoms with Gasteiger partial charge in [0.2, 0.25) is 5.91 Å². The van der Waals surface area contributed by atoms with Gasteiger partial charge in [-0.2, -0.15) is 0 Å². The summed E-state index contributed by atoms with van der Waals surface area (Å²) < 4.78 is 5.74. The summed E-state index contributed by atoms with van der Waals surface area (Å²) in [4.78, 5) is 25.1. The van der Waals surface area contributed by atoms with Crippen molar-refractivity contribution in [3.63, 3.8) is 0 Å². The number of carboxylic acids is 1. The van der Waals surface area contributed by atoms with Crippen LogP contribution in [0.15, 0.2) is 24.3 Å². The molecule has 0 spiro atoms. The highest BCUT2D eigenvalue weighted by molar-refractivity contribution is 5.84. The molecule has 1 aromatic rings. The molecule has 2 aliphatic heterocycles. The van der Waals surface area contributed by atoms with Crippen molar-refractivity contribution < 1.29 is 19.4 Å². The van der Waals surface area contributed by atoms with E-state index in [4.69, 9.17) is 4.74 Å². The number of carbonyl (C=O) groups excluding carboxylic acids is 1. The maximum absolute atomic E-state index is 12.4. The first-order chi connectivity index (χ1) is 10.2. The lowest BCUT2D eigenvalue weighted by molar-refractivity contribution is -0.149. The number of benzene rings is 1.